The van der Waals surface area contributed by atoms with Crippen LogP contribution in [-0.2, 0) is 0 Å². The summed E-state index contributed by atoms with van der Waals surface area (Å²) in [6, 6.07) is 4.14. The largest absolute Gasteiger partial charge is 0.382 e. The third-order valence-corrected chi connectivity index (χ3v) is 2.12. The number of aliphatic hydroxyl groups excluding tert-OH is 1. The van der Waals surface area contributed by atoms with E-state index in [0.717, 1.165) is 0 Å². The summed E-state index contributed by atoms with van der Waals surface area (Å²) in [5.41, 5.74) is 0.587. The molecule has 0 spiro atoms. The van der Waals surface area contributed by atoms with Crippen LogP contribution in [0.1, 0.15) is 11.7 Å². The molecular weight excluding hydrogens is 206 g/mol. The second-order valence-corrected chi connectivity index (χ2v) is 3.16. The Hall–Kier alpha value is -1.69. The number of aromatic amines is 2. The first-order chi connectivity index (χ1) is 7.08. The monoisotopic (exact) mass is 214 g/mol. The topological polar surface area (TPSA) is 68.9 Å². The standard InChI is InChI=1S/C9H8F2N2O2/c10-8(11)7(14)4-1-2-5-6(3-4)13-9(15)12-5/h1-3,7-8,14H,(H2,12,13,15). The Kier molecular flexibility index (Phi) is 2.28. The van der Waals surface area contributed by atoms with Crippen molar-refractivity contribution in [1.29, 1.82) is 0 Å². The smallest absolute Gasteiger partial charge is 0.323 e. The van der Waals surface area contributed by atoms with Gasteiger partial charge in [-0.1, -0.05) is 6.07 Å². The number of benzene rings is 1. The zero-order chi connectivity index (χ0) is 11.0. The first-order valence-corrected chi connectivity index (χ1v) is 4.26. The maximum atomic E-state index is 12.2. The lowest BCUT2D eigenvalue weighted by Crippen LogP contribution is -2.07. The second-order valence-electron chi connectivity index (χ2n) is 3.16. The average Bonchev–Trinajstić information content (AvgIpc) is 2.55. The summed E-state index contributed by atoms with van der Waals surface area (Å²) in [4.78, 5) is 15.8. The Morgan fingerprint density at radius 2 is 1.87 bits per heavy atom. The highest BCUT2D eigenvalue weighted by Gasteiger charge is 2.19. The van der Waals surface area contributed by atoms with Gasteiger partial charge in [0.2, 0.25) is 0 Å². The number of H-pyrrole nitrogens is 2. The summed E-state index contributed by atoms with van der Waals surface area (Å²) in [5.74, 6) is 0. The number of halogens is 2. The van der Waals surface area contributed by atoms with E-state index in [1.54, 1.807) is 0 Å². The van der Waals surface area contributed by atoms with E-state index in [9.17, 15) is 13.6 Å². The molecule has 1 aromatic carbocycles. The van der Waals surface area contributed by atoms with Crippen LogP contribution in [0.25, 0.3) is 11.0 Å². The lowest BCUT2D eigenvalue weighted by molar-refractivity contribution is -0.00571. The van der Waals surface area contributed by atoms with Crippen LogP contribution >= 0.6 is 0 Å². The summed E-state index contributed by atoms with van der Waals surface area (Å²) in [6.07, 6.45) is -4.67. The van der Waals surface area contributed by atoms with Gasteiger partial charge >= 0.3 is 5.69 Å². The molecule has 3 N–H and O–H groups in total. The molecule has 0 aliphatic rings. The highest BCUT2D eigenvalue weighted by Crippen LogP contribution is 2.22. The van der Waals surface area contributed by atoms with Gasteiger partial charge in [-0.3, -0.25) is 0 Å². The first-order valence-electron chi connectivity index (χ1n) is 4.26. The molecule has 1 unspecified atom stereocenters. The Morgan fingerprint density at radius 1 is 1.20 bits per heavy atom. The SMILES string of the molecule is O=c1[nH]c2ccc(C(O)C(F)F)cc2[nH]1. The van der Waals surface area contributed by atoms with Gasteiger partial charge in [0.15, 0.2) is 0 Å². The van der Waals surface area contributed by atoms with Crippen molar-refractivity contribution in [3.63, 3.8) is 0 Å². The average molecular weight is 214 g/mol. The van der Waals surface area contributed by atoms with Crippen molar-refractivity contribution in [1.82, 2.24) is 9.97 Å². The number of hydrogen-bond acceptors (Lipinski definition) is 2. The van der Waals surface area contributed by atoms with Gasteiger partial charge in [-0.2, -0.15) is 0 Å². The number of imidazole rings is 1. The molecule has 6 heteroatoms. The van der Waals surface area contributed by atoms with Crippen molar-refractivity contribution < 1.29 is 13.9 Å². The minimum Gasteiger partial charge on any atom is -0.382 e. The van der Waals surface area contributed by atoms with Crippen LogP contribution in [0.3, 0.4) is 0 Å². The lowest BCUT2D eigenvalue weighted by atomic mass is 10.1. The van der Waals surface area contributed by atoms with Crippen molar-refractivity contribution in [2.75, 3.05) is 0 Å². The van der Waals surface area contributed by atoms with Crippen molar-refractivity contribution >= 4 is 11.0 Å². The lowest BCUT2D eigenvalue weighted by Gasteiger charge is -2.08. The molecule has 0 fully saturated rings. The van der Waals surface area contributed by atoms with Gasteiger partial charge in [0.05, 0.1) is 11.0 Å². The first kappa shape index (κ1) is 9.85. The third kappa shape index (κ3) is 1.75. The quantitative estimate of drug-likeness (QED) is 0.702. The molecular formula is C9H8F2N2O2. The number of nitrogens with one attached hydrogen (secondary N) is 2. The van der Waals surface area contributed by atoms with E-state index in [1.807, 2.05) is 0 Å². The van der Waals surface area contributed by atoms with E-state index in [-0.39, 0.29) is 5.56 Å². The molecule has 80 valence electrons. The van der Waals surface area contributed by atoms with Crippen molar-refractivity contribution in [2.24, 2.45) is 0 Å². The molecule has 2 rings (SSSR count). The highest BCUT2D eigenvalue weighted by molar-refractivity contribution is 5.75. The number of alkyl halides is 2. The Balaban J connectivity index is 2.50. The minimum atomic E-state index is -2.84. The second kappa shape index (κ2) is 3.47. The van der Waals surface area contributed by atoms with Crippen molar-refractivity contribution in [3.05, 3.63) is 34.2 Å². The van der Waals surface area contributed by atoms with Crippen LogP contribution in [0, 0.1) is 0 Å². The number of rotatable bonds is 2. The highest BCUT2D eigenvalue weighted by atomic mass is 19.3. The number of fused-ring (bicyclic) bond motifs is 1. The van der Waals surface area contributed by atoms with Gasteiger partial charge in [0, 0.05) is 0 Å². The molecule has 0 bridgehead atoms. The molecule has 0 saturated heterocycles. The van der Waals surface area contributed by atoms with E-state index >= 15 is 0 Å². The van der Waals surface area contributed by atoms with Gasteiger partial charge in [0.1, 0.15) is 6.10 Å². The van der Waals surface area contributed by atoms with Crippen LogP contribution in [0.5, 0.6) is 0 Å². The predicted molar refractivity (Wildman–Crippen MR) is 49.9 cm³/mol. The maximum Gasteiger partial charge on any atom is 0.323 e. The van der Waals surface area contributed by atoms with Gasteiger partial charge in [-0.05, 0) is 17.7 Å². The van der Waals surface area contributed by atoms with Crippen LogP contribution < -0.4 is 5.69 Å². The van der Waals surface area contributed by atoms with Crippen LogP contribution in [-0.4, -0.2) is 21.5 Å². The van der Waals surface area contributed by atoms with Gasteiger partial charge in [-0.25, -0.2) is 13.6 Å². The molecule has 0 radical (unpaired) electrons. The van der Waals surface area contributed by atoms with E-state index in [2.05, 4.69) is 9.97 Å². The van der Waals surface area contributed by atoms with Gasteiger partial charge in [-0.15, -0.1) is 0 Å². The molecule has 15 heavy (non-hydrogen) atoms. The molecule has 1 atom stereocenters. The van der Waals surface area contributed by atoms with Gasteiger partial charge in [0.25, 0.3) is 6.43 Å². The predicted octanol–water partition coefficient (Wildman–Crippen LogP) is 1.15. The molecule has 4 nitrogen and oxygen atoms in total. The third-order valence-electron chi connectivity index (χ3n) is 2.12. The summed E-state index contributed by atoms with van der Waals surface area (Å²) in [7, 11) is 0. The van der Waals surface area contributed by atoms with Crippen LogP contribution in [0.15, 0.2) is 23.0 Å². The Labute approximate surface area is 82.6 Å². The summed E-state index contributed by atoms with van der Waals surface area (Å²) in [6.45, 7) is 0. The molecule has 1 heterocycles. The molecule has 0 aliphatic heterocycles. The Morgan fingerprint density at radius 3 is 2.53 bits per heavy atom. The van der Waals surface area contributed by atoms with E-state index < -0.39 is 18.2 Å². The Bertz CT molecular complexity index is 532. The number of aliphatic hydroxyl groups is 1. The normalized spacial score (nSPS) is 13.6. The van der Waals surface area contributed by atoms with E-state index in [4.69, 9.17) is 5.11 Å². The number of aromatic nitrogens is 2. The fourth-order valence-corrected chi connectivity index (χ4v) is 1.38. The van der Waals surface area contributed by atoms with Crippen molar-refractivity contribution in [3.8, 4) is 0 Å². The van der Waals surface area contributed by atoms with E-state index in [0.29, 0.717) is 11.0 Å². The molecule has 1 aromatic heterocycles. The van der Waals surface area contributed by atoms with E-state index in [1.165, 1.54) is 18.2 Å². The maximum absolute atomic E-state index is 12.2. The zero-order valence-electron chi connectivity index (χ0n) is 7.50. The van der Waals surface area contributed by atoms with Gasteiger partial charge < -0.3 is 15.1 Å². The van der Waals surface area contributed by atoms with Crippen molar-refractivity contribution in [2.45, 2.75) is 12.5 Å². The fraction of sp³-hybridized carbons (Fsp3) is 0.222. The van der Waals surface area contributed by atoms with Crippen LogP contribution in [0.2, 0.25) is 0 Å². The molecule has 2 aromatic rings. The minimum absolute atomic E-state index is 0.0766. The summed E-state index contributed by atoms with van der Waals surface area (Å²) < 4.78 is 24.4. The summed E-state index contributed by atoms with van der Waals surface area (Å²) in [5, 5.41) is 9.11. The zero-order valence-corrected chi connectivity index (χ0v) is 7.50. The fourth-order valence-electron chi connectivity index (χ4n) is 1.38. The number of hydrogen-bond donors (Lipinski definition) is 3. The summed E-state index contributed by atoms with van der Waals surface area (Å²) >= 11 is 0. The van der Waals surface area contributed by atoms with Crippen LogP contribution in [0.4, 0.5) is 8.78 Å². The molecule has 0 saturated carbocycles. The molecule has 0 amide bonds. The molecule has 0 aliphatic carbocycles.